The molecule has 4 rings (SSSR count). The van der Waals surface area contributed by atoms with Crippen molar-refractivity contribution in [2.45, 2.75) is 19.4 Å². The molecule has 2 N–H and O–H groups in total. The Morgan fingerprint density at radius 3 is 2.85 bits per heavy atom. The minimum absolute atomic E-state index is 0.304. The second-order valence-electron chi connectivity index (χ2n) is 6.17. The van der Waals surface area contributed by atoms with Gasteiger partial charge < -0.3 is 10.3 Å². The lowest BCUT2D eigenvalue weighted by Gasteiger charge is -2.15. The van der Waals surface area contributed by atoms with Crippen molar-refractivity contribution in [3.8, 4) is 11.3 Å². The molecule has 0 bridgehead atoms. The van der Waals surface area contributed by atoms with Gasteiger partial charge in [-0.3, -0.25) is 4.98 Å². The van der Waals surface area contributed by atoms with Crippen LogP contribution in [0.4, 0.5) is 0 Å². The Morgan fingerprint density at radius 2 is 1.96 bits per heavy atom. The number of rotatable bonds is 4. The van der Waals surface area contributed by atoms with Crippen LogP contribution < -0.4 is 5.73 Å². The average molecular weight is 409 g/mol. The van der Waals surface area contributed by atoms with E-state index in [9.17, 15) is 0 Å². The molecule has 4 aromatic rings. The molecule has 1 atom stereocenters. The van der Waals surface area contributed by atoms with E-state index in [0.717, 1.165) is 43.8 Å². The summed E-state index contributed by atoms with van der Waals surface area (Å²) in [5.41, 5.74) is 11.8. The van der Waals surface area contributed by atoms with Gasteiger partial charge in [-0.25, -0.2) is 4.98 Å². The van der Waals surface area contributed by atoms with Crippen LogP contribution in [0, 0.1) is 6.92 Å². The van der Waals surface area contributed by atoms with E-state index >= 15 is 0 Å². The van der Waals surface area contributed by atoms with Crippen molar-refractivity contribution < 1.29 is 4.52 Å². The van der Waals surface area contributed by atoms with Crippen LogP contribution in [0.15, 0.2) is 63.9 Å². The minimum Gasteiger partial charge on any atom is -0.356 e. The van der Waals surface area contributed by atoms with Crippen molar-refractivity contribution >= 4 is 26.9 Å². The van der Waals surface area contributed by atoms with E-state index < -0.39 is 0 Å². The van der Waals surface area contributed by atoms with Crippen LogP contribution in [0.25, 0.3) is 22.2 Å². The van der Waals surface area contributed by atoms with Crippen molar-refractivity contribution in [3.63, 3.8) is 0 Å². The van der Waals surface area contributed by atoms with Gasteiger partial charge in [-0.05, 0) is 58.7 Å². The van der Waals surface area contributed by atoms with E-state index in [0.29, 0.717) is 6.42 Å². The molecule has 26 heavy (non-hydrogen) atoms. The third-order valence-electron chi connectivity index (χ3n) is 4.40. The monoisotopic (exact) mass is 408 g/mol. The Labute approximate surface area is 159 Å². The average Bonchev–Trinajstić information content (AvgIpc) is 3.08. The number of para-hydroxylation sites is 1. The summed E-state index contributed by atoms with van der Waals surface area (Å²) in [5, 5.41) is 5.20. The van der Waals surface area contributed by atoms with Gasteiger partial charge in [0.15, 0.2) is 5.58 Å². The second kappa shape index (κ2) is 6.97. The van der Waals surface area contributed by atoms with Gasteiger partial charge in [0.1, 0.15) is 10.3 Å². The highest BCUT2D eigenvalue weighted by atomic mass is 79.9. The Morgan fingerprint density at radius 1 is 1.12 bits per heavy atom. The fourth-order valence-electron chi connectivity index (χ4n) is 3.05. The molecule has 5 nitrogen and oxygen atoms in total. The van der Waals surface area contributed by atoms with Crippen molar-refractivity contribution in [3.05, 3.63) is 76.3 Å². The lowest BCUT2D eigenvalue weighted by atomic mass is 9.98. The molecule has 3 aromatic heterocycles. The molecular weight excluding hydrogens is 392 g/mol. The first-order valence-electron chi connectivity index (χ1n) is 8.31. The number of pyridine rings is 2. The van der Waals surface area contributed by atoms with Crippen molar-refractivity contribution in [1.82, 2.24) is 15.1 Å². The summed E-state index contributed by atoms with van der Waals surface area (Å²) in [6, 6.07) is 15.3. The molecule has 0 fully saturated rings. The quantitative estimate of drug-likeness (QED) is 0.499. The van der Waals surface area contributed by atoms with E-state index in [1.54, 1.807) is 6.20 Å². The van der Waals surface area contributed by atoms with Gasteiger partial charge in [-0.15, -0.1) is 0 Å². The summed E-state index contributed by atoms with van der Waals surface area (Å²) in [5.74, 6) is 0. The molecular formula is C20H17BrN4O. The van der Waals surface area contributed by atoms with Crippen LogP contribution in [0.5, 0.6) is 0 Å². The van der Waals surface area contributed by atoms with E-state index in [-0.39, 0.29) is 6.04 Å². The third-order valence-corrected chi connectivity index (χ3v) is 4.85. The normalized spacial score (nSPS) is 12.4. The van der Waals surface area contributed by atoms with E-state index in [2.05, 4.69) is 31.1 Å². The summed E-state index contributed by atoms with van der Waals surface area (Å²) in [7, 11) is 0. The first kappa shape index (κ1) is 16.9. The van der Waals surface area contributed by atoms with Crippen molar-refractivity contribution in [1.29, 1.82) is 0 Å². The van der Waals surface area contributed by atoms with Crippen LogP contribution in [0.3, 0.4) is 0 Å². The molecule has 3 heterocycles. The zero-order valence-electron chi connectivity index (χ0n) is 14.2. The number of benzene rings is 1. The van der Waals surface area contributed by atoms with Crippen molar-refractivity contribution in [2.24, 2.45) is 5.73 Å². The van der Waals surface area contributed by atoms with Gasteiger partial charge in [0, 0.05) is 29.3 Å². The molecule has 0 saturated heterocycles. The van der Waals surface area contributed by atoms with Gasteiger partial charge in [0.05, 0.1) is 11.7 Å². The molecule has 1 aromatic carbocycles. The standard InChI is InChI=1S/C20H17BrN4O/c1-12-8-9-18(21)24-16(12)11-15(22)20-14(6-4-10-23-20)19-13-5-2-3-7-17(13)26-25-19/h2-10,15H,11,22H2,1H3. The highest BCUT2D eigenvalue weighted by Crippen LogP contribution is 2.32. The van der Waals surface area contributed by atoms with Crippen LogP contribution in [0.2, 0.25) is 0 Å². The molecule has 0 saturated carbocycles. The van der Waals surface area contributed by atoms with Crippen LogP contribution >= 0.6 is 15.9 Å². The fourth-order valence-corrected chi connectivity index (χ4v) is 3.40. The topological polar surface area (TPSA) is 77.8 Å². The smallest absolute Gasteiger partial charge is 0.167 e. The zero-order chi connectivity index (χ0) is 18.1. The maximum absolute atomic E-state index is 6.52. The fraction of sp³-hybridized carbons (Fsp3) is 0.150. The molecule has 6 heteroatoms. The van der Waals surface area contributed by atoms with Gasteiger partial charge in [-0.1, -0.05) is 23.4 Å². The maximum atomic E-state index is 6.52. The van der Waals surface area contributed by atoms with Crippen molar-refractivity contribution in [2.75, 3.05) is 0 Å². The Balaban J connectivity index is 1.75. The zero-order valence-corrected chi connectivity index (χ0v) is 15.8. The predicted octanol–water partition coefficient (Wildman–Crippen LogP) is 4.60. The summed E-state index contributed by atoms with van der Waals surface area (Å²) < 4.78 is 6.25. The Bertz CT molecular complexity index is 1080. The lowest BCUT2D eigenvalue weighted by Crippen LogP contribution is -2.17. The van der Waals surface area contributed by atoms with Gasteiger partial charge >= 0.3 is 0 Å². The summed E-state index contributed by atoms with van der Waals surface area (Å²) >= 11 is 3.43. The number of hydrogen-bond acceptors (Lipinski definition) is 5. The van der Waals surface area contributed by atoms with Crippen LogP contribution in [-0.2, 0) is 6.42 Å². The molecule has 0 aliphatic carbocycles. The summed E-state index contributed by atoms with van der Waals surface area (Å²) in [4.78, 5) is 9.10. The number of aromatic nitrogens is 3. The Kier molecular flexibility index (Phi) is 4.53. The van der Waals surface area contributed by atoms with Gasteiger partial charge in [0.25, 0.3) is 0 Å². The molecule has 0 radical (unpaired) electrons. The largest absolute Gasteiger partial charge is 0.356 e. The second-order valence-corrected chi connectivity index (χ2v) is 6.98. The molecule has 0 amide bonds. The number of nitrogens with two attached hydrogens (primary N) is 1. The summed E-state index contributed by atoms with van der Waals surface area (Å²) in [6.45, 7) is 2.03. The number of hydrogen-bond donors (Lipinski definition) is 1. The van der Waals surface area contributed by atoms with E-state index in [1.165, 1.54) is 0 Å². The number of aryl methyl sites for hydroxylation is 1. The SMILES string of the molecule is Cc1ccc(Br)nc1CC(N)c1ncccc1-c1noc2ccccc12. The Hall–Kier alpha value is -2.57. The molecule has 130 valence electrons. The van der Waals surface area contributed by atoms with Crippen LogP contribution in [-0.4, -0.2) is 15.1 Å². The molecule has 0 spiro atoms. The molecule has 1 unspecified atom stereocenters. The van der Waals surface area contributed by atoms with Gasteiger partial charge in [-0.2, -0.15) is 0 Å². The third kappa shape index (κ3) is 3.13. The number of nitrogens with zero attached hydrogens (tertiary/aromatic N) is 3. The number of halogens is 1. The molecule has 0 aliphatic rings. The highest BCUT2D eigenvalue weighted by molar-refractivity contribution is 9.10. The first-order chi connectivity index (χ1) is 12.6. The lowest BCUT2D eigenvalue weighted by molar-refractivity contribution is 0.459. The minimum atomic E-state index is -0.304. The van der Waals surface area contributed by atoms with Crippen LogP contribution in [0.1, 0.15) is 23.0 Å². The predicted molar refractivity (Wildman–Crippen MR) is 105 cm³/mol. The van der Waals surface area contributed by atoms with Gasteiger partial charge in [0.2, 0.25) is 0 Å². The van der Waals surface area contributed by atoms with E-state index in [1.807, 2.05) is 55.5 Å². The summed E-state index contributed by atoms with van der Waals surface area (Å²) in [6.07, 6.45) is 2.34. The number of fused-ring (bicyclic) bond motifs is 1. The van der Waals surface area contributed by atoms with E-state index in [4.69, 9.17) is 10.3 Å². The molecule has 0 aliphatic heterocycles. The maximum Gasteiger partial charge on any atom is 0.167 e. The first-order valence-corrected chi connectivity index (χ1v) is 9.10. The highest BCUT2D eigenvalue weighted by Gasteiger charge is 2.20.